The molecule has 1 aliphatic heterocycles. The fraction of sp³-hybridized carbons (Fsp3) is 0.385. The van der Waals surface area contributed by atoms with Crippen LogP contribution in [0.5, 0.6) is 5.75 Å². The Hall–Kier alpha value is -4.78. The highest BCUT2D eigenvalue weighted by atomic mass is 32.1. The molecule has 1 aliphatic rings. The van der Waals surface area contributed by atoms with Gasteiger partial charge in [-0.1, -0.05) is 36.4 Å². The van der Waals surface area contributed by atoms with Crippen molar-refractivity contribution in [2.45, 2.75) is 53.1 Å². The Morgan fingerprint density at radius 1 is 0.902 bits per heavy atom. The Labute approximate surface area is 303 Å². The first kappa shape index (κ1) is 37.5. The van der Waals surface area contributed by atoms with Gasteiger partial charge in [-0.05, 0) is 88.1 Å². The van der Waals surface area contributed by atoms with E-state index in [0.717, 1.165) is 50.5 Å². The highest BCUT2D eigenvalue weighted by Gasteiger charge is 2.27. The Morgan fingerprint density at radius 3 is 2.37 bits per heavy atom. The number of nitrogens with zero attached hydrogens (tertiary/aromatic N) is 2. The molecule has 0 spiro atoms. The van der Waals surface area contributed by atoms with Crippen molar-refractivity contribution in [3.05, 3.63) is 93.9 Å². The van der Waals surface area contributed by atoms with Gasteiger partial charge < -0.3 is 34.5 Å². The zero-order chi connectivity index (χ0) is 36.4. The molecule has 0 fully saturated rings. The summed E-state index contributed by atoms with van der Waals surface area (Å²) in [5, 5.41) is 6.13. The van der Waals surface area contributed by atoms with E-state index in [4.69, 9.17) is 23.9 Å². The summed E-state index contributed by atoms with van der Waals surface area (Å²) in [5.41, 5.74) is 5.84. The number of ether oxygens (including phenoxy) is 4. The van der Waals surface area contributed by atoms with E-state index < -0.39 is 11.7 Å². The van der Waals surface area contributed by atoms with Crippen LogP contribution in [0.25, 0.3) is 11.3 Å². The van der Waals surface area contributed by atoms with Gasteiger partial charge in [-0.3, -0.25) is 9.59 Å². The van der Waals surface area contributed by atoms with Crippen molar-refractivity contribution in [1.29, 1.82) is 0 Å². The standard InChI is InChI=1S/C39H46N4O7S/c1-26-8-6-7-9-32(26)36(45)43-18-16-29-25-30(12-15-33(29)43)35-27(2)51-37(42-35)41-34(44)24-28-10-13-31(14-11-28)49-23-22-48-21-20-47-19-17-40-38(46)50-39(3,4)5/h6-15,25H,16-24H2,1-5H3,(H,40,46)(H,41,42,44). The third-order valence-electron chi connectivity index (χ3n) is 7.98. The molecule has 2 heterocycles. The second-order valence-corrected chi connectivity index (χ2v) is 14.4. The molecular weight excluding hydrogens is 669 g/mol. The Balaban J connectivity index is 1.01. The van der Waals surface area contributed by atoms with Gasteiger partial charge >= 0.3 is 6.09 Å². The van der Waals surface area contributed by atoms with Gasteiger partial charge in [0.15, 0.2) is 5.13 Å². The summed E-state index contributed by atoms with van der Waals surface area (Å²) >= 11 is 1.44. The summed E-state index contributed by atoms with van der Waals surface area (Å²) in [6.45, 7) is 12.3. The van der Waals surface area contributed by atoms with Gasteiger partial charge in [0.25, 0.3) is 5.91 Å². The number of aryl methyl sites for hydroxylation is 2. The van der Waals surface area contributed by atoms with Crippen LogP contribution >= 0.6 is 11.3 Å². The second kappa shape index (κ2) is 17.4. The normalized spacial score (nSPS) is 12.4. The minimum atomic E-state index is -0.531. The minimum Gasteiger partial charge on any atom is -0.491 e. The van der Waals surface area contributed by atoms with Crippen LogP contribution in [-0.2, 0) is 31.8 Å². The van der Waals surface area contributed by atoms with Crippen molar-refractivity contribution in [2.24, 2.45) is 0 Å². The summed E-state index contributed by atoms with van der Waals surface area (Å²) in [5.74, 6) is 0.549. The number of amides is 3. The second-order valence-electron chi connectivity index (χ2n) is 13.2. The number of hydrogen-bond donors (Lipinski definition) is 2. The predicted molar refractivity (Wildman–Crippen MR) is 199 cm³/mol. The van der Waals surface area contributed by atoms with Crippen molar-refractivity contribution in [3.8, 4) is 17.0 Å². The predicted octanol–water partition coefficient (Wildman–Crippen LogP) is 6.75. The van der Waals surface area contributed by atoms with Crippen molar-refractivity contribution < 1.29 is 33.3 Å². The lowest BCUT2D eigenvalue weighted by molar-refractivity contribution is -0.115. The van der Waals surface area contributed by atoms with E-state index in [1.165, 1.54) is 11.3 Å². The molecule has 0 radical (unpaired) electrons. The van der Waals surface area contributed by atoms with Crippen LogP contribution in [0, 0.1) is 13.8 Å². The first-order chi connectivity index (χ1) is 24.5. The van der Waals surface area contributed by atoms with Crippen LogP contribution in [-0.4, -0.2) is 74.6 Å². The summed E-state index contributed by atoms with van der Waals surface area (Å²) in [6, 6.07) is 21.2. The third-order valence-corrected chi connectivity index (χ3v) is 8.87. The maximum absolute atomic E-state index is 13.3. The molecule has 0 saturated heterocycles. The number of nitrogens with one attached hydrogen (secondary N) is 2. The molecule has 5 rings (SSSR count). The minimum absolute atomic E-state index is 0.0179. The lowest BCUT2D eigenvalue weighted by Gasteiger charge is -2.19. The summed E-state index contributed by atoms with van der Waals surface area (Å²) in [7, 11) is 0. The van der Waals surface area contributed by atoms with E-state index in [0.29, 0.717) is 57.0 Å². The largest absolute Gasteiger partial charge is 0.491 e. The number of carbonyl (C=O) groups is 3. The number of aromatic nitrogens is 1. The topological polar surface area (TPSA) is 128 Å². The molecule has 2 N–H and O–H groups in total. The van der Waals surface area contributed by atoms with Crippen molar-refractivity contribution in [2.75, 3.05) is 56.3 Å². The van der Waals surface area contributed by atoms with Gasteiger partial charge in [-0.25, -0.2) is 9.78 Å². The molecule has 0 bridgehead atoms. The SMILES string of the molecule is Cc1ccccc1C(=O)N1CCc2cc(-c3nc(NC(=O)Cc4ccc(OCCOCCOCCNC(=O)OC(C)(C)C)cc4)sc3C)ccc21. The molecule has 3 aromatic carbocycles. The molecular formula is C39H46N4O7S. The van der Waals surface area contributed by atoms with E-state index in [2.05, 4.69) is 16.7 Å². The molecule has 4 aromatic rings. The highest BCUT2D eigenvalue weighted by molar-refractivity contribution is 7.16. The number of carbonyl (C=O) groups excluding carboxylic acids is 3. The number of alkyl carbamates (subject to hydrolysis) is 1. The highest BCUT2D eigenvalue weighted by Crippen LogP contribution is 2.36. The summed E-state index contributed by atoms with van der Waals surface area (Å²) < 4.78 is 21.9. The molecule has 1 aromatic heterocycles. The van der Waals surface area contributed by atoms with Gasteiger partial charge in [-0.15, -0.1) is 11.3 Å². The van der Waals surface area contributed by atoms with Crippen LogP contribution in [0.4, 0.5) is 15.6 Å². The molecule has 0 aliphatic carbocycles. The van der Waals surface area contributed by atoms with Gasteiger partial charge in [0.2, 0.25) is 5.91 Å². The third kappa shape index (κ3) is 10.9. The molecule has 0 unspecified atom stereocenters. The summed E-state index contributed by atoms with van der Waals surface area (Å²) in [6.07, 6.45) is 0.514. The van der Waals surface area contributed by atoms with E-state index in [1.807, 2.05) is 100 Å². The van der Waals surface area contributed by atoms with E-state index in [1.54, 1.807) is 0 Å². The van der Waals surface area contributed by atoms with E-state index >= 15 is 0 Å². The Bertz CT molecular complexity index is 1820. The van der Waals surface area contributed by atoms with Crippen molar-refractivity contribution in [1.82, 2.24) is 10.3 Å². The monoisotopic (exact) mass is 714 g/mol. The first-order valence-electron chi connectivity index (χ1n) is 17.1. The smallest absolute Gasteiger partial charge is 0.407 e. The van der Waals surface area contributed by atoms with Crippen LogP contribution < -0.4 is 20.3 Å². The zero-order valence-corrected chi connectivity index (χ0v) is 30.7. The summed E-state index contributed by atoms with van der Waals surface area (Å²) in [4.78, 5) is 45.4. The zero-order valence-electron chi connectivity index (χ0n) is 29.9. The maximum Gasteiger partial charge on any atom is 0.407 e. The Kier molecular flexibility index (Phi) is 12.8. The molecule has 0 saturated carbocycles. The molecule has 12 heteroatoms. The number of hydrogen-bond acceptors (Lipinski definition) is 9. The van der Waals surface area contributed by atoms with Crippen LogP contribution in [0.2, 0.25) is 0 Å². The number of benzene rings is 3. The molecule has 270 valence electrons. The van der Waals surface area contributed by atoms with Crippen molar-refractivity contribution >= 4 is 40.1 Å². The molecule has 3 amide bonds. The fourth-order valence-corrected chi connectivity index (χ4v) is 6.42. The Morgan fingerprint density at radius 2 is 1.63 bits per heavy atom. The van der Waals surface area contributed by atoms with Crippen LogP contribution in [0.3, 0.4) is 0 Å². The fourth-order valence-electron chi connectivity index (χ4n) is 5.57. The van der Waals surface area contributed by atoms with E-state index in [-0.39, 0.29) is 18.2 Å². The van der Waals surface area contributed by atoms with Crippen LogP contribution in [0.1, 0.15) is 52.7 Å². The number of fused-ring (bicyclic) bond motifs is 1. The molecule has 0 atom stereocenters. The van der Waals surface area contributed by atoms with Gasteiger partial charge in [0.05, 0.1) is 38.5 Å². The van der Waals surface area contributed by atoms with E-state index in [9.17, 15) is 14.4 Å². The number of thiazole rings is 1. The molecule has 51 heavy (non-hydrogen) atoms. The molecule has 11 nitrogen and oxygen atoms in total. The van der Waals surface area contributed by atoms with Crippen molar-refractivity contribution in [3.63, 3.8) is 0 Å². The lowest BCUT2D eigenvalue weighted by Crippen LogP contribution is -2.34. The van der Waals surface area contributed by atoms with Crippen LogP contribution in [0.15, 0.2) is 66.7 Å². The lowest BCUT2D eigenvalue weighted by atomic mass is 10.0. The quantitative estimate of drug-likeness (QED) is 0.130. The number of anilines is 2. The number of rotatable bonds is 15. The van der Waals surface area contributed by atoms with Gasteiger partial charge in [0.1, 0.15) is 18.0 Å². The maximum atomic E-state index is 13.3. The average Bonchev–Trinajstić information content (AvgIpc) is 3.67. The van der Waals surface area contributed by atoms with Gasteiger partial charge in [0, 0.05) is 34.8 Å². The first-order valence-corrected chi connectivity index (χ1v) is 17.9. The average molecular weight is 715 g/mol. The van der Waals surface area contributed by atoms with Gasteiger partial charge in [-0.2, -0.15) is 0 Å².